The summed E-state index contributed by atoms with van der Waals surface area (Å²) in [5.74, 6) is -0.995. The van der Waals surface area contributed by atoms with Crippen molar-refractivity contribution in [2.24, 2.45) is 0 Å². The number of ether oxygens (including phenoxy) is 1. The molecule has 0 unspecified atom stereocenters. The van der Waals surface area contributed by atoms with Gasteiger partial charge in [-0.1, -0.05) is 32.9 Å². The van der Waals surface area contributed by atoms with Crippen molar-refractivity contribution in [1.82, 2.24) is 5.06 Å². The van der Waals surface area contributed by atoms with Crippen molar-refractivity contribution >= 4 is 17.8 Å². The van der Waals surface area contributed by atoms with Gasteiger partial charge in [-0.3, -0.25) is 9.59 Å². The third-order valence-electron chi connectivity index (χ3n) is 4.14. The van der Waals surface area contributed by atoms with Gasteiger partial charge in [0.15, 0.2) is 0 Å². The minimum Gasteiger partial charge on any atom is -0.486 e. The molecule has 0 atom stereocenters. The van der Waals surface area contributed by atoms with Gasteiger partial charge >= 0.3 is 5.97 Å². The number of nitrogens with zero attached hydrogens (tertiary/aromatic N) is 1. The van der Waals surface area contributed by atoms with Crippen LogP contribution in [0.5, 0.6) is 5.75 Å². The van der Waals surface area contributed by atoms with E-state index in [0.717, 1.165) is 0 Å². The Kier molecular flexibility index (Phi) is 5.03. The van der Waals surface area contributed by atoms with Crippen LogP contribution in [0.3, 0.4) is 0 Å². The quantitative estimate of drug-likeness (QED) is 0.749. The number of carbonyl (C=O) groups is 3. The zero-order valence-electron chi connectivity index (χ0n) is 15.5. The van der Waals surface area contributed by atoms with Crippen LogP contribution < -0.4 is 4.74 Å². The van der Waals surface area contributed by atoms with Crippen molar-refractivity contribution in [3.63, 3.8) is 0 Å². The Balaban J connectivity index is 1.57. The second-order valence-electron chi connectivity index (χ2n) is 7.29. The lowest BCUT2D eigenvalue weighted by atomic mass is 9.87. The number of amides is 2. The molecule has 7 heteroatoms. The van der Waals surface area contributed by atoms with Gasteiger partial charge in [0.1, 0.15) is 18.1 Å². The largest absolute Gasteiger partial charge is 0.486 e. The Morgan fingerprint density at radius 2 is 1.67 bits per heavy atom. The van der Waals surface area contributed by atoms with E-state index in [1.54, 1.807) is 6.07 Å². The predicted octanol–water partition coefficient (Wildman–Crippen LogP) is 3.38. The second-order valence-corrected chi connectivity index (χ2v) is 7.29. The van der Waals surface area contributed by atoms with Gasteiger partial charge in [0, 0.05) is 12.8 Å². The second kappa shape index (κ2) is 7.26. The molecule has 1 aliphatic heterocycles. The van der Waals surface area contributed by atoms with Crippen molar-refractivity contribution in [2.45, 2.75) is 45.6 Å². The van der Waals surface area contributed by atoms with Crippen molar-refractivity contribution < 1.29 is 28.4 Å². The van der Waals surface area contributed by atoms with E-state index in [-0.39, 0.29) is 30.6 Å². The smallest absolute Gasteiger partial charge is 0.398 e. The van der Waals surface area contributed by atoms with E-state index in [9.17, 15) is 14.4 Å². The van der Waals surface area contributed by atoms with Gasteiger partial charge in [-0.2, -0.15) is 0 Å². The number of hydroxylamine groups is 2. The molecule has 1 saturated heterocycles. The van der Waals surface area contributed by atoms with E-state index in [2.05, 4.69) is 20.8 Å². The first-order valence-corrected chi connectivity index (χ1v) is 8.64. The minimum atomic E-state index is -0.903. The molecule has 2 amide bonds. The third kappa shape index (κ3) is 4.36. The summed E-state index contributed by atoms with van der Waals surface area (Å²) < 4.78 is 11.0. The van der Waals surface area contributed by atoms with E-state index in [1.165, 1.54) is 11.6 Å². The van der Waals surface area contributed by atoms with Crippen LogP contribution in [0.2, 0.25) is 0 Å². The number of hydrogen-bond donors (Lipinski definition) is 0. The molecule has 0 spiro atoms. The van der Waals surface area contributed by atoms with Crippen LogP contribution in [-0.2, 0) is 26.4 Å². The average Bonchev–Trinajstić information content (AvgIpc) is 3.22. The Morgan fingerprint density at radius 1 is 1.04 bits per heavy atom. The van der Waals surface area contributed by atoms with Crippen LogP contribution >= 0.6 is 0 Å². The van der Waals surface area contributed by atoms with Gasteiger partial charge in [-0.25, -0.2) is 4.79 Å². The zero-order valence-corrected chi connectivity index (χ0v) is 15.5. The average molecular weight is 371 g/mol. The fourth-order valence-corrected chi connectivity index (χ4v) is 2.56. The molecule has 0 saturated carbocycles. The van der Waals surface area contributed by atoms with Crippen molar-refractivity contribution in [1.29, 1.82) is 0 Å². The van der Waals surface area contributed by atoms with Gasteiger partial charge in [0.05, 0.1) is 0 Å². The molecule has 3 rings (SSSR count). The normalized spacial score (nSPS) is 14.6. The molecule has 7 nitrogen and oxygen atoms in total. The molecule has 1 aliphatic rings. The molecule has 1 fully saturated rings. The molecular formula is C20H21NO6. The van der Waals surface area contributed by atoms with Crippen LogP contribution in [0.15, 0.2) is 40.8 Å². The third-order valence-corrected chi connectivity index (χ3v) is 4.14. The molecule has 0 radical (unpaired) electrons. The summed E-state index contributed by atoms with van der Waals surface area (Å²) in [6.45, 7) is 6.53. The Bertz CT molecular complexity index is 843. The molecule has 0 N–H and O–H groups in total. The van der Waals surface area contributed by atoms with Crippen LogP contribution in [0.4, 0.5) is 0 Å². The highest BCUT2D eigenvalue weighted by Crippen LogP contribution is 2.25. The fraction of sp³-hybridized carbons (Fsp3) is 0.350. The topological polar surface area (TPSA) is 86.0 Å². The Morgan fingerprint density at radius 3 is 2.26 bits per heavy atom. The zero-order chi connectivity index (χ0) is 19.6. The Labute approximate surface area is 156 Å². The summed E-state index contributed by atoms with van der Waals surface area (Å²) in [7, 11) is 0. The van der Waals surface area contributed by atoms with Crippen LogP contribution in [0.1, 0.15) is 55.5 Å². The highest BCUT2D eigenvalue weighted by molar-refractivity contribution is 6.02. The lowest BCUT2D eigenvalue weighted by molar-refractivity contribution is -0.173. The van der Waals surface area contributed by atoms with Crippen molar-refractivity contribution in [3.8, 4) is 5.75 Å². The van der Waals surface area contributed by atoms with Gasteiger partial charge in [0.25, 0.3) is 11.8 Å². The number of carbonyl (C=O) groups excluding carboxylic acids is 3. The maximum Gasteiger partial charge on any atom is 0.398 e. The molecule has 27 heavy (non-hydrogen) atoms. The molecule has 2 heterocycles. The van der Waals surface area contributed by atoms with E-state index >= 15 is 0 Å². The summed E-state index contributed by atoms with van der Waals surface area (Å²) >= 11 is 0. The molecule has 0 bridgehead atoms. The van der Waals surface area contributed by atoms with E-state index < -0.39 is 17.8 Å². The van der Waals surface area contributed by atoms with Crippen molar-refractivity contribution in [2.75, 3.05) is 0 Å². The first-order chi connectivity index (χ1) is 12.7. The van der Waals surface area contributed by atoms with E-state index in [0.29, 0.717) is 16.6 Å². The molecule has 142 valence electrons. The summed E-state index contributed by atoms with van der Waals surface area (Å²) in [5.41, 5.74) is 1.26. The van der Waals surface area contributed by atoms with Crippen LogP contribution in [-0.4, -0.2) is 22.8 Å². The minimum absolute atomic E-state index is 0.0390. The fourth-order valence-electron chi connectivity index (χ4n) is 2.56. The predicted molar refractivity (Wildman–Crippen MR) is 94.7 cm³/mol. The molecule has 2 aromatic rings. The van der Waals surface area contributed by atoms with Gasteiger partial charge < -0.3 is 14.0 Å². The summed E-state index contributed by atoms with van der Waals surface area (Å²) in [4.78, 5) is 39.8. The van der Waals surface area contributed by atoms with E-state index in [1.807, 2.05) is 24.3 Å². The number of rotatable bonds is 5. The van der Waals surface area contributed by atoms with Gasteiger partial charge in [-0.05, 0) is 35.2 Å². The van der Waals surface area contributed by atoms with Gasteiger partial charge in [-0.15, -0.1) is 5.06 Å². The molecule has 1 aromatic carbocycles. The number of hydrogen-bond acceptors (Lipinski definition) is 6. The molecule has 0 aliphatic carbocycles. The molecule has 1 aromatic heterocycles. The summed E-state index contributed by atoms with van der Waals surface area (Å²) in [5, 5.41) is 0.484. The highest BCUT2D eigenvalue weighted by atomic mass is 16.7. The SMILES string of the molecule is CC(C)(C)c1ccc(OCc2ccc(C(=O)ON3C(=O)CCC3=O)o2)cc1. The number of benzene rings is 1. The monoisotopic (exact) mass is 371 g/mol. The lowest BCUT2D eigenvalue weighted by Crippen LogP contribution is -2.31. The molecular weight excluding hydrogens is 350 g/mol. The maximum atomic E-state index is 12.0. The standard InChI is InChI=1S/C20H21NO6/c1-20(2,3)13-4-6-14(7-5-13)25-12-15-8-9-16(26-15)19(24)27-21-17(22)10-11-18(21)23/h4-9H,10-12H2,1-3H3. The maximum absolute atomic E-state index is 12.0. The highest BCUT2D eigenvalue weighted by Gasteiger charge is 2.33. The number of imide groups is 1. The summed E-state index contributed by atoms with van der Waals surface area (Å²) in [6.07, 6.45) is 0.0781. The summed E-state index contributed by atoms with van der Waals surface area (Å²) in [6, 6.07) is 10.8. The van der Waals surface area contributed by atoms with Crippen LogP contribution in [0, 0.1) is 0 Å². The first-order valence-electron chi connectivity index (χ1n) is 8.64. The van der Waals surface area contributed by atoms with Gasteiger partial charge in [0.2, 0.25) is 5.76 Å². The van der Waals surface area contributed by atoms with Crippen molar-refractivity contribution in [3.05, 3.63) is 53.5 Å². The number of furan rings is 1. The first kappa shape index (κ1) is 18.7. The van der Waals surface area contributed by atoms with E-state index in [4.69, 9.17) is 14.0 Å². The van der Waals surface area contributed by atoms with Crippen LogP contribution in [0.25, 0.3) is 0 Å². The Hall–Kier alpha value is -3.09. The lowest BCUT2D eigenvalue weighted by Gasteiger charge is -2.19.